The largest absolute Gasteiger partial charge is 0.337 e. The highest BCUT2D eigenvalue weighted by atomic mass is 79.9. The smallest absolute Gasteiger partial charge is 0.248 e. The molecule has 0 spiro atoms. The average Bonchev–Trinajstić information content (AvgIpc) is 3.19. The molecule has 0 aliphatic carbocycles. The van der Waals surface area contributed by atoms with Crippen LogP contribution in [0.15, 0.2) is 33.7 Å². The third-order valence-corrected chi connectivity index (χ3v) is 3.80. The van der Waals surface area contributed by atoms with E-state index in [2.05, 4.69) is 41.3 Å². The Labute approximate surface area is 139 Å². The molecule has 116 valence electrons. The number of hydrogen-bond donors (Lipinski definition) is 0. The second-order valence-corrected chi connectivity index (χ2v) is 6.12. The number of aromatic nitrogens is 7. The zero-order valence-corrected chi connectivity index (χ0v) is 14.0. The van der Waals surface area contributed by atoms with Crippen LogP contribution in [-0.2, 0) is 6.54 Å². The zero-order valence-electron chi connectivity index (χ0n) is 12.4. The van der Waals surface area contributed by atoms with Crippen molar-refractivity contribution in [1.29, 1.82) is 0 Å². The lowest BCUT2D eigenvalue weighted by molar-refractivity contribution is 0.366. The van der Waals surface area contributed by atoms with Crippen molar-refractivity contribution in [3.63, 3.8) is 0 Å². The van der Waals surface area contributed by atoms with Gasteiger partial charge in [-0.2, -0.15) is 15.2 Å². The molecule has 0 saturated heterocycles. The van der Waals surface area contributed by atoms with Gasteiger partial charge in [0, 0.05) is 17.6 Å². The molecule has 0 saturated carbocycles. The van der Waals surface area contributed by atoms with E-state index in [1.54, 1.807) is 21.6 Å². The molecular weight excluding hydrogens is 362 g/mol. The molecule has 0 radical (unpaired) electrons. The van der Waals surface area contributed by atoms with Crippen LogP contribution in [0.25, 0.3) is 17.0 Å². The van der Waals surface area contributed by atoms with Crippen LogP contribution >= 0.6 is 15.9 Å². The van der Waals surface area contributed by atoms with Gasteiger partial charge in [-0.05, 0) is 35.8 Å². The van der Waals surface area contributed by atoms with Gasteiger partial charge in [-0.15, -0.1) is 0 Å². The quantitative estimate of drug-likeness (QED) is 0.547. The van der Waals surface area contributed by atoms with E-state index in [0.717, 1.165) is 27.1 Å². The van der Waals surface area contributed by atoms with Crippen LogP contribution in [0.1, 0.15) is 17.3 Å². The molecule has 0 unspecified atom stereocenters. The molecule has 0 bridgehead atoms. The van der Waals surface area contributed by atoms with Gasteiger partial charge < -0.3 is 4.52 Å². The van der Waals surface area contributed by atoms with Gasteiger partial charge in [0.15, 0.2) is 5.65 Å². The molecule has 4 aromatic rings. The fourth-order valence-electron chi connectivity index (χ4n) is 2.42. The predicted octanol–water partition coefficient (Wildman–Crippen LogP) is 2.40. The van der Waals surface area contributed by atoms with Crippen molar-refractivity contribution < 1.29 is 4.52 Å². The maximum atomic E-state index is 5.31. The van der Waals surface area contributed by atoms with Crippen LogP contribution in [0.3, 0.4) is 0 Å². The van der Waals surface area contributed by atoms with E-state index in [4.69, 9.17) is 4.52 Å². The van der Waals surface area contributed by atoms with E-state index in [-0.39, 0.29) is 0 Å². The lowest BCUT2D eigenvalue weighted by atomic mass is 10.3. The summed E-state index contributed by atoms with van der Waals surface area (Å²) >= 11 is 3.35. The second kappa shape index (κ2) is 5.27. The summed E-state index contributed by atoms with van der Waals surface area (Å²) in [6.45, 7) is 4.33. The van der Waals surface area contributed by atoms with Gasteiger partial charge in [0.05, 0.1) is 22.4 Å². The topological polar surface area (TPSA) is 86.9 Å². The number of aryl methyl sites for hydroxylation is 2. The monoisotopic (exact) mass is 373 g/mol. The van der Waals surface area contributed by atoms with Crippen molar-refractivity contribution in [2.24, 2.45) is 0 Å². The summed E-state index contributed by atoms with van der Waals surface area (Å²) in [5.41, 5.74) is 3.39. The van der Waals surface area contributed by atoms with Gasteiger partial charge in [-0.25, -0.2) is 9.50 Å². The molecule has 4 rings (SSSR count). The average molecular weight is 374 g/mol. The third kappa shape index (κ3) is 2.52. The summed E-state index contributed by atoms with van der Waals surface area (Å²) in [7, 11) is 0. The molecule has 4 aromatic heterocycles. The normalized spacial score (nSPS) is 11.4. The van der Waals surface area contributed by atoms with Crippen LogP contribution < -0.4 is 0 Å². The standard InChI is InChI=1S/C14H12BrN7O/c1-8-3-9(2)22-14(18-8)11(5-17-22)13-19-12(23-20-13)7-21-6-10(15)4-16-21/h3-6H,7H2,1-2H3. The Bertz CT molecular complexity index is 1000. The summed E-state index contributed by atoms with van der Waals surface area (Å²) in [5, 5.41) is 12.5. The van der Waals surface area contributed by atoms with Crippen molar-refractivity contribution in [2.45, 2.75) is 20.4 Å². The van der Waals surface area contributed by atoms with E-state index in [0.29, 0.717) is 18.3 Å². The summed E-state index contributed by atoms with van der Waals surface area (Å²) < 4.78 is 9.69. The fourth-order valence-corrected chi connectivity index (χ4v) is 2.75. The number of nitrogens with zero attached hydrogens (tertiary/aromatic N) is 7. The summed E-state index contributed by atoms with van der Waals surface area (Å²) in [6.07, 6.45) is 5.25. The van der Waals surface area contributed by atoms with Crippen LogP contribution in [0.2, 0.25) is 0 Å². The fraction of sp³-hybridized carbons (Fsp3) is 0.214. The molecule has 8 nitrogen and oxygen atoms in total. The molecule has 4 heterocycles. The van der Waals surface area contributed by atoms with E-state index >= 15 is 0 Å². The molecule has 0 aromatic carbocycles. The first-order valence-corrected chi connectivity index (χ1v) is 7.72. The molecule has 0 aliphatic rings. The molecule has 0 aliphatic heterocycles. The van der Waals surface area contributed by atoms with Crippen LogP contribution in [0.5, 0.6) is 0 Å². The highest BCUT2D eigenvalue weighted by Gasteiger charge is 2.16. The molecule has 0 amide bonds. The van der Waals surface area contributed by atoms with E-state index < -0.39 is 0 Å². The summed E-state index contributed by atoms with van der Waals surface area (Å²) in [4.78, 5) is 8.94. The van der Waals surface area contributed by atoms with Crippen molar-refractivity contribution in [3.05, 3.63) is 46.4 Å². The predicted molar refractivity (Wildman–Crippen MR) is 84.8 cm³/mol. The minimum atomic E-state index is 0.406. The lowest BCUT2D eigenvalue weighted by Crippen LogP contribution is -2.00. The SMILES string of the molecule is Cc1cc(C)n2ncc(-c3noc(Cn4cc(Br)cn4)n3)c2n1. The van der Waals surface area contributed by atoms with Crippen LogP contribution in [-0.4, -0.2) is 34.5 Å². The van der Waals surface area contributed by atoms with Crippen molar-refractivity contribution >= 4 is 21.6 Å². The number of rotatable bonds is 3. The Hall–Kier alpha value is -2.55. The number of hydrogen-bond acceptors (Lipinski definition) is 6. The molecule has 0 atom stereocenters. The molecular formula is C14H12BrN7O. The molecule has 0 fully saturated rings. The summed E-state index contributed by atoms with van der Waals surface area (Å²) in [5.74, 6) is 0.943. The Morgan fingerprint density at radius 3 is 2.83 bits per heavy atom. The maximum absolute atomic E-state index is 5.31. The van der Waals surface area contributed by atoms with Crippen molar-refractivity contribution in [2.75, 3.05) is 0 Å². The third-order valence-electron chi connectivity index (χ3n) is 3.39. The maximum Gasteiger partial charge on any atom is 0.248 e. The number of halogens is 1. The first kappa shape index (κ1) is 14.1. The first-order valence-electron chi connectivity index (χ1n) is 6.93. The molecule has 9 heteroatoms. The Balaban J connectivity index is 1.71. The van der Waals surface area contributed by atoms with Crippen LogP contribution in [0.4, 0.5) is 0 Å². The number of fused-ring (bicyclic) bond motifs is 1. The van der Waals surface area contributed by atoms with Gasteiger partial charge in [-0.3, -0.25) is 4.68 Å². The molecule has 23 heavy (non-hydrogen) atoms. The van der Waals surface area contributed by atoms with Gasteiger partial charge in [0.1, 0.15) is 6.54 Å². The minimum absolute atomic E-state index is 0.406. The zero-order chi connectivity index (χ0) is 16.0. The van der Waals surface area contributed by atoms with Gasteiger partial charge in [0.2, 0.25) is 11.7 Å². The van der Waals surface area contributed by atoms with Crippen molar-refractivity contribution in [3.8, 4) is 11.4 Å². The van der Waals surface area contributed by atoms with Crippen LogP contribution in [0, 0.1) is 13.8 Å². The second-order valence-electron chi connectivity index (χ2n) is 5.20. The van der Waals surface area contributed by atoms with Gasteiger partial charge >= 0.3 is 0 Å². The Morgan fingerprint density at radius 1 is 1.17 bits per heavy atom. The van der Waals surface area contributed by atoms with Gasteiger partial charge in [-0.1, -0.05) is 5.16 Å². The van der Waals surface area contributed by atoms with Gasteiger partial charge in [0.25, 0.3) is 0 Å². The summed E-state index contributed by atoms with van der Waals surface area (Å²) in [6, 6.07) is 1.97. The highest BCUT2D eigenvalue weighted by Crippen LogP contribution is 2.22. The molecule has 0 N–H and O–H groups in total. The van der Waals surface area contributed by atoms with E-state index in [1.165, 1.54) is 0 Å². The Kier molecular flexibility index (Phi) is 3.22. The lowest BCUT2D eigenvalue weighted by Gasteiger charge is -2.00. The van der Waals surface area contributed by atoms with E-state index in [9.17, 15) is 0 Å². The minimum Gasteiger partial charge on any atom is -0.337 e. The van der Waals surface area contributed by atoms with Crippen molar-refractivity contribution in [1.82, 2.24) is 34.5 Å². The highest BCUT2D eigenvalue weighted by molar-refractivity contribution is 9.10. The van der Waals surface area contributed by atoms with E-state index in [1.807, 2.05) is 26.1 Å². The Morgan fingerprint density at radius 2 is 2.04 bits per heavy atom. The first-order chi connectivity index (χ1) is 11.1.